The average molecular weight is 391 g/mol. The maximum absolute atomic E-state index is 13.0. The molecule has 0 heterocycles. The predicted molar refractivity (Wildman–Crippen MR) is 105 cm³/mol. The van der Waals surface area contributed by atoms with Crippen LogP contribution in [-0.2, 0) is 4.79 Å². The number of carbonyl (C=O) groups excluding carboxylic acids is 1. The molecule has 1 N–H and O–H groups in total. The number of hydrogen-bond donors (Lipinski definition) is 1. The molecule has 5 heteroatoms. The van der Waals surface area contributed by atoms with E-state index in [1.807, 2.05) is 60.7 Å². The van der Waals surface area contributed by atoms with E-state index in [2.05, 4.69) is 5.32 Å². The highest BCUT2D eigenvalue weighted by molar-refractivity contribution is 6.44. The smallest absolute Gasteiger partial charge is 0.236 e. The van der Waals surface area contributed by atoms with Gasteiger partial charge in [0, 0.05) is 0 Å². The van der Waals surface area contributed by atoms with Gasteiger partial charge in [0.1, 0.15) is 0 Å². The van der Waals surface area contributed by atoms with Crippen LogP contribution in [-0.4, -0.2) is 5.91 Å². The van der Waals surface area contributed by atoms with Gasteiger partial charge in [0.25, 0.3) is 0 Å². The Morgan fingerprint density at radius 3 is 1.72 bits per heavy atom. The van der Waals surface area contributed by atoms with E-state index in [9.17, 15) is 4.79 Å². The SMILES string of the molecule is O=C(Nc1cc(Cl)c(Cl)cc1Cl)C(c1ccccc1)c1ccccc1. The summed E-state index contributed by atoms with van der Waals surface area (Å²) in [6, 6.07) is 22.2. The van der Waals surface area contributed by atoms with Crippen molar-refractivity contribution in [3.63, 3.8) is 0 Å². The molecule has 0 bridgehead atoms. The molecule has 0 aliphatic rings. The maximum atomic E-state index is 13.0. The maximum Gasteiger partial charge on any atom is 0.236 e. The van der Waals surface area contributed by atoms with E-state index in [4.69, 9.17) is 34.8 Å². The number of benzene rings is 3. The molecule has 0 spiro atoms. The molecule has 1 amide bonds. The molecule has 0 aromatic heterocycles. The summed E-state index contributed by atoms with van der Waals surface area (Å²) < 4.78 is 0. The molecule has 0 radical (unpaired) electrons. The molecule has 3 rings (SSSR count). The molecule has 25 heavy (non-hydrogen) atoms. The summed E-state index contributed by atoms with van der Waals surface area (Å²) >= 11 is 18.2. The molecule has 0 unspecified atom stereocenters. The Morgan fingerprint density at radius 2 is 1.20 bits per heavy atom. The zero-order valence-corrected chi connectivity index (χ0v) is 15.3. The van der Waals surface area contributed by atoms with Gasteiger partial charge >= 0.3 is 0 Å². The van der Waals surface area contributed by atoms with Gasteiger partial charge in [-0.05, 0) is 23.3 Å². The third-order valence-corrected chi connectivity index (χ3v) is 4.83. The lowest BCUT2D eigenvalue weighted by atomic mass is 9.90. The summed E-state index contributed by atoms with van der Waals surface area (Å²) in [5, 5.41) is 3.87. The van der Waals surface area contributed by atoms with Crippen LogP contribution >= 0.6 is 34.8 Å². The number of nitrogens with one attached hydrogen (secondary N) is 1. The van der Waals surface area contributed by atoms with Gasteiger partial charge in [-0.1, -0.05) is 95.5 Å². The van der Waals surface area contributed by atoms with Gasteiger partial charge in [0.15, 0.2) is 0 Å². The van der Waals surface area contributed by atoms with Crippen molar-refractivity contribution in [2.45, 2.75) is 5.92 Å². The zero-order chi connectivity index (χ0) is 17.8. The molecule has 3 aromatic carbocycles. The van der Waals surface area contributed by atoms with Crippen LogP contribution in [0.25, 0.3) is 0 Å². The normalized spacial score (nSPS) is 10.7. The molecule has 0 atom stereocenters. The molecule has 2 nitrogen and oxygen atoms in total. The van der Waals surface area contributed by atoms with E-state index in [1.165, 1.54) is 6.07 Å². The number of hydrogen-bond acceptors (Lipinski definition) is 1. The minimum absolute atomic E-state index is 0.197. The van der Waals surface area contributed by atoms with Crippen molar-refractivity contribution in [3.05, 3.63) is 99.0 Å². The van der Waals surface area contributed by atoms with Gasteiger partial charge in [-0.15, -0.1) is 0 Å². The van der Waals surface area contributed by atoms with Gasteiger partial charge in [0.05, 0.1) is 26.7 Å². The monoisotopic (exact) mass is 389 g/mol. The summed E-state index contributed by atoms with van der Waals surface area (Å²) in [4.78, 5) is 13.0. The minimum atomic E-state index is -0.465. The summed E-state index contributed by atoms with van der Waals surface area (Å²) in [7, 11) is 0. The van der Waals surface area contributed by atoms with Crippen molar-refractivity contribution in [3.8, 4) is 0 Å². The highest BCUT2D eigenvalue weighted by atomic mass is 35.5. The lowest BCUT2D eigenvalue weighted by Gasteiger charge is -2.18. The van der Waals surface area contributed by atoms with Gasteiger partial charge in [-0.3, -0.25) is 4.79 Å². The fraction of sp³-hybridized carbons (Fsp3) is 0.0500. The van der Waals surface area contributed by atoms with Crippen LogP contribution in [0.4, 0.5) is 5.69 Å². The van der Waals surface area contributed by atoms with Crippen molar-refractivity contribution in [2.75, 3.05) is 5.32 Å². The van der Waals surface area contributed by atoms with Crippen LogP contribution in [0.15, 0.2) is 72.8 Å². The van der Waals surface area contributed by atoms with E-state index < -0.39 is 5.92 Å². The number of amides is 1. The lowest BCUT2D eigenvalue weighted by Crippen LogP contribution is -2.22. The average Bonchev–Trinajstić information content (AvgIpc) is 2.62. The Kier molecular flexibility index (Phi) is 5.64. The van der Waals surface area contributed by atoms with E-state index in [-0.39, 0.29) is 5.91 Å². The second-order valence-corrected chi connectivity index (χ2v) is 6.71. The Hall–Kier alpha value is -2.00. The number of anilines is 1. The van der Waals surface area contributed by atoms with Gasteiger partial charge in [-0.25, -0.2) is 0 Å². The van der Waals surface area contributed by atoms with Crippen LogP contribution in [0.1, 0.15) is 17.0 Å². The Morgan fingerprint density at radius 1 is 0.720 bits per heavy atom. The molecule has 3 aromatic rings. The third-order valence-electron chi connectivity index (χ3n) is 3.80. The molecule has 0 aliphatic heterocycles. The lowest BCUT2D eigenvalue weighted by molar-refractivity contribution is -0.116. The standard InChI is InChI=1S/C20H14Cl3NO/c21-15-11-17(23)18(12-16(15)22)24-20(25)19(13-7-3-1-4-8-13)14-9-5-2-6-10-14/h1-12,19H,(H,24,25). The first-order chi connectivity index (χ1) is 12.1. The van der Waals surface area contributed by atoms with Crippen molar-refractivity contribution < 1.29 is 4.79 Å². The summed E-state index contributed by atoms with van der Waals surface area (Å²) in [6.07, 6.45) is 0. The highest BCUT2D eigenvalue weighted by Gasteiger charge is 2.23. The van der Waals surface area contributed by atoms with Crippen LogP contribution in [0.5, 0.6) is 0 Å². The van der Waals surface area contributed by atoms with Gasteiger partial charge in [0.2, 0.25) is 5.91 Å². The molecule has 126 valence electrons. The molecular weight excluding hydrogens is 377 g/mol. The molecule has 0 fully saturated rings. The fourth-order valence-corrected chi connectivity index (χ4v) is 3.20. The minimum Gasteiger partial charge on any atom is -0.324 e. The first kappa shape index (κ1) is 17.8. The quantitative estimate of drug-likeness (QED) is 0.512. The van der Waals surface area contributed by atoms with Crippen LogP contribution in [0.3, 0.4) is 0 Å². The Balaban J connectivity index is 1.97. The van der Waals surface area contributed by atoms with Crippen LogP contribution in [0, 0.1) is 0 Å². The van der Waals surface area contributed by atoms with Gasteiger partial charge in [-0.2, -0.15) is 0 Å². The fourth-order valence-electron chi connectivity index (χ4n) is 2.61. The largest absolute Gasteiger partial charge is 0.324 e. The summed E-state index contributed by atoms with van der Waals surface area (Å²) in [5.41, 5.74) is 2.21. The summed E-state index contributed by atoms with van der Waals surface area (Å²) in [5.74, 6) is -0.661. The first-order valence-electron chi connectivity index (χ1n) is 7.61. The zero-order valence-electron chi connectivity index (χ0n) is 13.0. The van der Waals surface area contributed by atoms with Gasteiger partial charge < -0.3 is 5.32 Å². The van der Waals surface area contributed by atoms with E-state index in [1.54, 1.807) is 6.07 Å². The van der Waals surface area contributed by atoms with Crippen LogP contribution in [0.2, 0.25) is 15.1 Å². The van der Waals surface area contributed by atoms with Crippen molar-refractivity contribution in [1.29, 1.82) is 0 Å². The van der Waals surface area contributed by atoms with Crippen molar-refractivity contribution in [1.82, 2.24) is 0 Å². The summed E-state index contributed by atoms with van der Waals surface area (Å²) in [6.45, 7) is 0. The second kappa shape index (κ2) is 7.92. The first-order valence-corrected chi connectivity index (χ1v) is 8.75. The third kappa shape index (κ3) is 4.16. The number of carbonyl (C=O) groups is 1. The van der Waals surface area contributed by atoms with E-state index in [0.717, 1.165) is 11.1 Å². The Labute approximate surface area is 161 Å². The molecule has 0 saturated heterocycles. The highest BCUT2D eigenvalue weighted by Crippen LogP contribution is 2.34. The topological polar surface area (TPSA) is 29.1 Å². The predicted octanol–water partition coefficient (Wildman–Crippen LogP) is 6.42. The van der Waals surface area contributed by atoms with Crippen molar-refractivity contribution >= 4 is 46.4 Å². The van der Waals surface area contributed by atoms with E-state index >= 15 is 0 Å². The Bertz CT molecular complexity index is 843. The molecule has 0 aliphatic carbocycles. The van der Waals surface area contributed by atoms with E-state index in [0.29, 0.717) is 20.8 Å². The number of rotatable bonds is 4. The molecular formula is C20H14Cl3NO. The van der Waals surface area contributed by atoms with Crippen LogP contribution < -0.4 is 5.32 Å². The second-order valence-electron chi connectivity index (χ2n) is 5.49. The number of halogens is 3. The van der Waals surface area contributed by atoms with Crippen molar-refractivity contribution in [2.24, 2.45) is 0 Å². The molecule has 0 saturated carbocycles.